The molecule has 7 heteroatoms. The maximum absolute atomic E-state index is 12.4. The van der Waals surface area contributed by atoms with Crippen molar-refractivity contribution in [2.45, 2.75) is 39.4 Å². The summed E-state index contributed by atoms with van der Waals surface area (Å²) in [6, 6.07) is 6.18. The van der Waals surface area contributed by atoms with Gasteiger partial charge in [-0.1, -0.05) is 23.9 Å². The zero-order valence-corrected chi connectivity index (χ0v) is 18.3. The summed E-state index contributed by atoms with van der Waals surface area (Å²) in [7, 11) is 1.65. The molecule has 1 aromatic carbocycles. The number of benzene rings is 1. The smallest absolute Gasteiger partial charge is 0.230 e. The molecule has 6 nitrogen and oxygen atoms in total. The van der Waals surface area contributed by atoms with Crippen molar-refractivity contribution >= 4 is 17.7 Å². The number of aromatic nitrogens is 3. The first kappa shape index (κ1) is 20.9. The van der Waals surface area contributed by atoms with Crippen LogP contribution in [0, 0.1) is 27.7 Å². The van der Waals surface area contributed by atoms with Crippen LogP contribution in [0.15, 0.2) is 41.9 Å². The van der Waals surface area contributed by atoms with E-state index in [2.05, 4.69) is 41.3 Å². The first-order valence-electron chi connectivity index (χ1n) is 9.41. The number of carbonyl (C=O) groups excluding carboxylic acids is 1. The summed E-state index contributed by atoms with van der Waals surface area (Å²) in [5.74, 6) is 1.03. The minimum Gasteiger partial charge on any atom is -0.496 e. The van der Waals surface area contributed by atoms with Crippen LogP contribution in [-0.2, 0) is 11.3 Å². The molecule has 0 unspecified atom stereocenters. The third-order valence-electron chi connectivity index (χ3n) is 4.98. The van der Waals surface area contributed by atoms with Crippen molar-refractivity contribution in [3.8, 4) is 11.4 Å². The predicted molar refractivity (Wildman–Crippen MR) is 116 cm³/mol. The number of nitrogens with zero attached hydrogens (tertiary/aromatic N) is 3. The molecular weight excluding hydrogens is 384 g/mol. The van der Waals surface area contributed by atoms with E-state index in [9.17, 15) is 4.79 Å². The van der Waals surface area contributed by atoms with Gasteiger partial charge in [-0.15, -0.1) is 0 Å². The first-order chi connectivity index (χ1) is 13.9. The molecule has 0 bridgehead atoms. The number of thioether (sulfide) groups is 1. The van der Waals surface area contributed by atoms with Crippen LogP contribution in [0.25, 0.3) is 5.69 Å². The van der Waals surface area contributed by atoms with Crippen molar-refractivity contribution in [1.29, 1.82) is 0 Å². The van der Waals surface area contributed by atoms with Crippen LogP contribution in [0.1, 0.15) is 27.9 Å². The number of aryl methyl sites for hydroxylation is 2. The van der Waals surface area contributed by atoms with Crippen molar-refractivity contribution in [3.05, 3.63) is 64.7 Å². The van der Waals surface area contributed by atoms with Gasteiger partial charge < -0.3 is 10.1 Å². The highest BCUT2D eigenvalue weighted by Gasteiger charge is 2.13. The van der Waals surface area contributed by atoms with Gasteiger partial charge in [0.25, 0.3) is 0 Å². The lowest BCUT2D eigenvalue weighted by atomic mass is 10.1. The number of hydrogen-bond acceptors (Lipinski definition) is 5. The quantitative estimate of drug-likeness (QED) is 0.598. The van der Waals surface area contributed by atoms with Crippen molar-refractivity contribution in [2.24, 2.45) is 0 Å². The van der Waals surface area contributed by atoms with Gasteiger partial charge in [0.1, 0.15) is 5.75 Å². The van der Waals surface area contributed by atoms with Crippen LogP contribution in [0.3, 0.4) is 0 Å². The molecule has 3 rings (SSSR count). The van der Waals surface area contributed by atoms with Gasteiger partial charge in [0.2, 0.25) is 5.91 Å². The highest BCUT2D eigenvalue weighted by Crippen LogP contribution is 2.25. The monoisotopic (exact) mass is 410 g/mol. The molecule has 0 aliphatic heterocycles. The fourth-order valence-electron chi connectivity index (χ4n) is 3.19. The van der Waals surface area contributed by atoms with Crippen LogP contribution in [0.4, 0.5) is 0 Å². The summed E-state index contributed by atoms with van der Waals surface area (Å²) >= 11 is 1.42. The van der Waals surface area contributed by atoms with Crippen LogP contribution < -0.4 is 10.1 Å². The summed E-state index contributed by atoms with van der Waals surface area (Å²) in [6.07, 6.45) is 5.45. The molecule has 1 N–H and O–H groups in total. The number of amides is 1. The number of nitrogens with one attached hydrogen (secondary N) is 1. The Balaban J connectivity index is 1.63. The van der Waals surface area contributed by atoms with E-state index in [4.69, 9.17) is 4.74 Å². The number of ether oxygens (including phenoxy) is 1. The largest absolute Gasteiger partial charge is 0.496 e. The minimum absolute atomic E-state index is 0.0637. The van der Waals surface area contributed by atoms with Crippen molar-refractivity contribution < 1.29 is 9.53 Å². The Bertz CT molecular complexity index is 1030. The molecule has 0 atom stereocenters. The Labute approximate surface area is 175 Å². The minimum atomic E-state index is -0.0637. The number of carbonyl (C=O) groups is 1. The molecule has 0 aliphatic carbocycles. The molecular formula is C22H26N4O2S. The topological polar surface area (TPSA) is 69.0 Å². The van der Waals surface area contributed by atoms with E-state index in [-0.39, 0.29) is 11.7 Å². The van der Waals surface area contributed by atoms with Gasteiger partial charge in [-0.05, 0) is 44.9 Å². The molecule has 29 heavy (non-hydrogen) atoms. The highest BCUT2D eigenvalue weighted by molar-refractivity contribution is 7.99. The van der Waals surface area contributed by atoms with Crippen molar-refractivity contribution in [1.82, 2.24) is 19.9 Å². The van der Waals surface area contributed by atoms with Crippen LogP contribution in [0.2, 0.25) is 0 Å². The van der Waals surface area contributed by atoms with Crippen LogP contribution in [0.5, 0.6) is 5.75 Å². The number of rotatable bonds is 7. The van der Waals surface area contributed by atoms with E-state index in [0.29, 0.717) is 6.54 Å². The second-order valence-electron chi connectivity index (χ2n) is 6.91. The van der Waals surface area contributed by atoms with Crippen LogP contribution >= 0.6 is 11.8 Å². The van der Waals surface area contributed by atoms with Gasteiger partial charge in [-0.25, -0.2) is 4.98 Å². The average Bonchev–Trinajstić information content (AvgIpc) is 3.16. The number of pyridine rings is 1. The third kappa shape index (κ3) is 4.62. The SMILES string of the molecule is COc1c(C)cnc(CNC(=O)CSc2nccn2-c2cccc(C)c2C)c1C. The lowest BCUT2D eigenvalue weighted by Gasteiger charge is -2.13. The van der Waals surface area contributed by atoms with Gasteiger partial charge in [-0.3, -0.25) is 14.3 Å². The molecule has 2 aromatic heterocycles. The Morgan fingerprint density at radius 1 is 1.14 bits per heavy atom. The molecule has 0 fully saturated rings. The predicted octanol–water partition coefficient (Wildman–Crippen LogP) is 3.92. The van der Waals surface area contributed by atoms with E-state index in [0.717, 1.165) is 33.4 Å². The van der Waals surface area contributed by atoms with E-state index >= 15 is 0 Å². The molecule has 152 valence electrons. The molecule has 0 radical (unpaired) electrons. The maximum Gasteiger partial charge on any atom is 0.230 e. The molecule has 0 saturated heterocycles. The first-order valence-corrected chi connectivity index (χ1v) is 10.4. The number of hydrogen-bond donors (Lipinski definition) is 1. The second-order valence-corrected chi connectivity index (χ2v) is 7.85. The summed E-state index contributed by atoms with van der Waals surface area (Å²) < 4.78 is 7.45. The van der Waals surface area contributed by atoms with E-state index in [1.807, 2.05) is 30.7 Å². The molecule has 1 amide bonds. The van der Waals surface area contributed by atoms with E-state index in [1.54, 1.807) is 19.5 Å². The fraction of sp³-hybridized carbons (Fsp3) is 0.318. The lowest BCUT2D eigenvalue weighted by Crippen LogP contribution is -2.25. The Morgan fingerprint density at radius 3 is 2.69 bits per heavy atom. The van der Waals surface area contributed by atoms with Gasteiger partial charge in [0, 0.05) is 29.7 Å². The summed E-state index contributed by atoms with van der Waals surface area (Å²) in [6.45, 7) is 8.46. The Morgan fingerprint density at radius 2 is 1.93 bits per heavy atom. The number of imidazole rings is 1. The maximum atomic E-state index is 12.4. The second kappa shape index (κ2) is 9.13. The Hall–Kier alpha value is -2.80. The number of methoxy groups -OCH3 is 1. The van der Waals surface area contributed by atoms with Gasteiger partial charge in [0.15, 0.2) is 5.16 Å². The van der Waals surface area contributed by atoms with E-state index in [1.165, 1.54) is 22.9 Å². The van der Waals surface area contributed by atoms with Crippen molar-refractivity contribution in [2.75, 3.05) is 12.9 Å². The van der Waals surface area contributed by atoms with Crippen LogP contribution in [-0.4, -0.2) is 33.3 Å². The van der Waals surface area contributed by atoms with Crippen molar-refractivity contribution in [3.63, 3.8) is 0 Å². The molecule has 0 saturated carbocycles. The highest BCUT2D eigenvalue weighted by atomic mass is 32.2. The lowest BCUT2D eigenvalue weighted by molar-refractivity contribution is -0.118. The third-order valence-corrected chi connectivity index (χ3v) is 5.94. The Kier molecular flexibility index (Phi) is 6.59. The average molecular weight is 411 g/mol. The zero-order chi connectivity index (χ0) is 21.0. The summed E-state index contributed by atoms with van der Waals surface area (Å²) in [4.78, 5) is 21.2. The summed E-state index contributed by atoms with van der Waals surface area (Å²) in [5, 5.41) is 3.73. The van der Waals surface area contributed by atoms with Gasteiger partial charge in [-0.2, -0.15) is 0 Å². The summed E-state index contributed by atoms with van der Waals surface area (Å²) in [5.41, 5.74) is 6.24. The molecule has 3 aromatic rings. The molecule has 0 spiro atoms. The fourth-order valence-corrected chi connectivity index (χ4v) is 3.99. The van der Waals surface area contributed by atoms with Gasteiger partial charge in [0.05, 0.1) is 30.8 Å². The standard InChI is InChI=1S/C22H26N4O2S/c1-14-7-6-8-19(16(14)3)26-10-9-23-22(26)29-13-20(27)25-12-18-17(4)21(28-5)15(2)11-24-18/h6-11H,12-13H2,1-5H3,(H,25,27). The normalized spacial score (nSPS) is 10.8. The molecule has 0 aliphatic rings. The zero-order valence-electron chi connectivity index (χ0n) is 17.4. The van der Waals surface area contributed by atoms with Gasteiger partial charge >= 0.3 is 0 Å². The molecule has 2 heterocycles. The van der Waals surface area contributed by atoms with E-state index < -0.39 is 0 Å².